The Morgan fingerprint density at radius 2 is 2.29 bits per heavy atom. The fourth-order valence-electron chi connectivity index (χ4n) is 1.29. The van der Waals surface area contributed by atoms with Gasteiger partial charge in [-0.2, -0.15) is 0 Å². The van der Waals surface area contributed by atoms with Crippen LogP contribution in [-0.2, 0) is 0 Å². The van der Waals surface area contributed by atoms with E-state index in [9.17, 15) is 4.39 Å². The lowest BCUT2D eigenvalue weighted by Gasteiger charge is -2.14. The number of hydrogen-bond acceptors (Lipinski definition) is 3. The van der Waals surface area contributed by atoms with E-state index >= 15 is 0 Å². The molecule has 0 aliphatic rings. The summed E-state index contributed by atoms with van der Waals surface area (Å²) in [5.74, 6) is 0.0627. The summed E-state index contributed by atoms with van der Waals surface area (Å²) in [5.41, 5.74) is 6.48. The zero-order chi connectivity index (χ0) is 10.6. The normalized spacial score (nSPS) is 12.6. The summed E-state index contributed by atoms with van der Waals surface area (Å²) < 4.78 is 17.8. The minimum absolute atomic E-state index is 0.00168. The molecule has 14 heavy (non-hydrogen) atoms. The maximum Gasteiger partial charge on any atom is 0.126 e. The van der Waals surface area contributed by atoms with E-state index in [1.165, 1.54) is 19.2 Å². The van der Waals surface area contributed by atoms with Crippen LogP contribution in [0.2, 0.25) is 0 Å². The summed E-state index contributed by atoms with van der Waals surface area (Å²) in [4.78, 5) is 0. The first-order chi connectivity index (χ1) is 6.69. The summed E-state index contributed by atoms with van der Waals surface area (Å²) in [5, 5.41) is 8.72. The highest BCUT2D eigenvalue weighted by Gasteiger charge is 2.11. The molecule has 0 aliphatic heterocycles. The van der Waals surface area contributed by atoms with E-state index in [0.717, 1.165) is 0 Å². The molecule has 0 aromatic heterocycles. The highest BCUT2D eigenvalue weighted by molar-refractivity contribution is 5.36. The van der Waals surface area contributed by atoms with Crippen molar-refractivity contribution in [2.75, 3.05) is 13.7 Å². The van der Waals surface area contributed by atoms with Gasteiger partial charge in [-0.3, -0.25) is 0 Å². The van der Waals surface area contributed by atoms with E-state index in [0.29, 0.717) is 17.7 Å². The zero-order valence-corrected chi connectivity index (χ0v) is 8.03. The lowest BCUT2D eigenvalue weighted by atomic mass is 10.0. The second-order valence-corrected chi connectivity index (χ2v) is 3.01. The van der Waals surface area contributed by atoms with Crippen LogP contribution in [0.25, 0.3) is 0 Å². The van der Waals surface area contributed by atoms with Crippen molar-refractivity contribution in [1.29, 1.82) is 0 Å². The van der Waals surface area contributed by atoms with Gasteiger partial charge in [0.05, 0.1) is 7.11 Å². The van der Waals surface area contributed by atoms with Crippen LogP contribution < -0.4 is 10.5 Å². The Labute approximate surface area is 82.3 Å². The van der Waals surface area contributed by atoms with E-state index in [1.807, 2.05) is 0 Å². The topological polar surface area (TPSA) is 55.5 Å². The fourth-order valence-corrected chi connectivity index (χ4v) is 1.29. The van der Waals surface area contributed by atoms with E-state index in [4.69, 9.17) is 15.6 Å². The van der Waals surface area contributed by atoms with Gasteiger partial charge >= 0.3 is 0 Å². The van der Waals surface area contributed by atoms with E-state index in [-0.39, 0.29) is 18.5 Å². The van der Waals surface area contributed by atoms with Crippen molar-refractivity contribution in [2.45, 2.75) is 12.5 Å². The van der Waals surface area contributed by atoms with Crippen molar-refractivity contribution in [3.63, 3.8) is 0 Å². The Kier molecular flexibility index (Phi) is 3.85. The molecule has 0 amide bonds. The molecule has 3 nitrogen and oxygen atoms in total. The minimum atomic E-state index is -0.359. The Hall–Kier alpha value is -1.13. The summed E-state index contributed by atoms with van der Waals surface area (Å²) in [6.45, 7) is 0.00168. The highest BCUT2D eigenvalue weighted by atomic mass is 19.1. The molecule has 4 heteroatoms. The molecule has 0 heterocycles. The second-order valence-electron chi connectivity index (χ2n) is 3.01. The Morgan fingerprint density at radius 3 is 2.86 bits per heavy atom. The molecule has 0 radical (unpaired) electrons. The molecule has 78 valence electrons. The number of halogens is 1. The summed E-state index contributed by atoms with van der Waals surface area (Å²) in [6.07, 6.45) is 0.433. The smallest absolute Gasteiger partial charge is 0.126 e. The van der Waals surface area contributed by atoms with Crippen LogP contribution in [0.5, 0.6) is 5.75 Å². The molecule has 0 saturated heterocycles. The van der Waals surface area contributed by atoms with Gasteiger partial charge in [0.15, 0.2) is 0 Å². The summed E-state index contributed by atoms with van der Waals surface area (Å²) >= 11 is 0. The van der Waals surface area contributed by atoms with E-state index in [2.05, 4.69) is 0 Å². The van der Waals surface area contributed by atoms with Gasteiger partial charge in [-0.15, -0.1) is 0 Å². The van der Waals surface area contributed by atoms with Gasteiger partial charge in [0.25, 0.3) is 0 Å². The first kappa shape index (κ1) is 10.9. The van der Waals surface area contributed by atoms with Crippen molar-refractivity contribution in [1.82, 2.24) is 0 Å². The number of methoxy groups -OCH3 is 1. The third-order valence-corrected chi connectivity index (χ3v) is 2.04. The third kappa shape index (κ3) is 2.43. The van der Waals surface area contributed by atoms with Crippen molar-refractivity contribution in [3.8, 4) is 5.75 Å². The average molecular weight is 199 g/mol. The molecule has 0 aliphatic carbocycles. The van der Waals surface area contributed by atoms with Gasteiger partial charge in [0.1, 0.15) is 11.6 Å². The number of benzene rings is 1. The van der Waals surface area contributed by atoms with Crippen molar-refractivity contribution < 1.29 is 14.2 Å². The number of hydrogen-bond donors (Lipinski definition) is 2. The lowest BCUT2D eigenvalue weighted by Crippen LogP contribution is -2.13. The largest absolute Gasteiger partial charge is 0.496 e. The molecule has 0 fully saturated rings. The van der Waals surface area contributed by atoms with Crippen LogP contribution >= 0.6 is 0 Å². The Bertz CT molecular complexity index is 304. The zero-order valence-electron chi connectivity index (χ0n) is 8.03. The van der Waals surface area contributed by atoms with Gasteiger partial charge in [-0.25, -0.2) is 4.39 Å². The number of aliphatic hydroxyl groups is 1. The number of aliphatic hydroxyl groups excluding tert-OH is 1. The molecule has 3 N–H and O–H groups in total. The lowest BCUT2D eigenvalue weighted by molar-refractivity contribution is 0.275. The molecule has 1 aromatic carbocycles. The number of nitrogens with two attached hydrogens (primary N) is 1. The number of rotatable bonds is 4. The van der Waals surface area contributed by atoms with Crippen molar-refractivity contribution in [2.24, 2.45) is 5.73 Å². The molecular formula is C10H14FNO2. The number of ether oxygens (including phenoxy) is 1. The van der Waals surface area contributed by atoms with Gasteiger partial charge in [0, 0.05) is 24.3 Å². The van der Waals surface area contributed by atoms with Crippen molar-refractivity contribution in [3.05, 3.63) is 29.6 Å². The fraction of sp³-hybridized carbons (Fsp3) is 0.400. The monoisotopic (exact) mass is 199 g/mol. The first-order valence-electron chi connectivity index (χ1n) is 4.39. The maximum atomic E-state index is 12.8. The molecule has 0 unspecified atom stereocenters. The van der Waals surface area contributed by atoms with E-state index < -0.39 is 0 Å². The maximum absolute atomic E-state index is 12.8. The minimum Gasteiger partial charge on any atom is -0.496 e. The summed E-state index contributed by atoms with van der Waals surface area (Å²) in [6, 6.07) is 3.87. The van der Waals surface area contributed by atoms with Crippen LogP contribution in [0.15, 0.2) is 18.2 Å². The predicted molar refractivity (Wildman–Crippen MR) is 51.6 cm³/mol. The standard InChI is InChI=1S/C10H14FNO2/c1-14-10-6-7(11)2-3-8(10)9(12)4-5-13/h2-3,6,9,13H,4-5,12H2,1H3/t9-/m1/s1. The summed E-state index contributed by atoms with van der Waals surface area (Å²) in [7, 11) is 1.46. The second kappa shape index (κ2) is 4.93. The van der Waals surface area contributed by atoms with Gasteiger partial charge in [-0.1, -0.05) is 6.07 Å². The van der Waals surface area contributed by atoms with E-state index in [1.54, 1.807) is 6.07 Å². The first-order valence-corrected chi connectivity index (χ1v) is 4.39. The molecule has 1 rings (SSSR count). The molecule has 1 atom stereocenters. The molecular weight excluding hydrogens is 185 g/mol. The van der Waals surface area contributed by atoms with Crippen LogP contribution in [0.3, 0.4) is 0 Å². The highest BCUT2D eigenvalue weighted by Crippen LogP contribution is 2.26. The third-order valence-electron chi connectivity index (χ3n) is 2.04. The van der Waals surface area contributed by atoms with Gasteiger partial charge in [0.2, 0.25) is 0 Å². The average Bonchev–Trinajstić information content (AvgIpc) is 2.17. The van der Waals surface area contributed by atoms with Crippen LogP contribution in [0.1, 0.15) is 18.0 Å². The van der Waals surface area contributed by atoms with Gasteiger partial charge in [-0.05, 0) is 12.5 Å². The molecule has 0 spiro atoms. The van der Waals surface area contributed by atoms with Crippen molar-refractivity contribution >= 4 is 0 Å². The SMILES string of the molecule is COc1cc(F)ccc1[C@H](N)CCO. The Morgan fingerprint density at radius 1 is 1.57 bits per heavy atom. The Balaban J connectivity index is 2.95. The van der Waals surface area contributed by atoms with Crippen LogP contribution in [-0.4, -0.2) is 18.8 Å². The molecule has 1 aromatic rings. The quantitative estimate of drug-likeness (QED) is 0.766. The van der Waals surface area contributed by atoms with Gasteiger partial charge < -0.3 is 15.6 Å². The molecule has 0 bridgehead atoms. The molecule has 0 saturated carbocycles. The van der Waals surface area contributed by atoms with Crippen LogP contribution in [0.4, 0.5) is 4.39 Å². The predicted octanol–water partition coefficient (Wildman–Crippen LogP) is 1.22. The van der Waals surface area contributed by atoms with Crippen LogP contribution in [0, 0.1) is 5.82 Å².